The maximum Gasteiger partial charge on any atom is 0.0624 e. The third kappa shape index (κ3) is 4.78. The zero-order valence-electron chi connectivity index (χ0n) is 12.5. The standard InChI is InChI=1S/C14H28N4/c1-6-12-10-14(18(5)16-12)11-13(15-7-2)8-9-17(3)4/h10,13,15H,6-9,11H2,1-5H3. The van der Waals surface area contributed by atoms with Crippen molar-refractivity contribution in [1.29, 1.82) is 0 Å². The molecule has 0 amide bonds. The van der Waals surface area contributed by atoms with Gasteiger partial charge in [-0.15, -0.1) is 0 Å². The molecule has 1 N–H and O–H groups in total. The Kier molecular flexibility index (Phi) is 6.36. The van der Waals surface area contributed by atoms with Crippen LogP contribution in [-0.4, -0.2) is 47.9 Å². The van der Waals surface area contributed by atoms with Gasteiger partial charge in [-0.3, -0.25) is 4.68 Å². The summed E-state index contributed by atoms with van der Waals surface area (Å²) >= 11 is 0. The van der Waals surface area contributed by atoms with Gasteiger partial charge in [0.05, 0.1) is 5.69 Å². The molecule has 18 heavy (non-hydrogen) atoms. The van der Waals surface area contributed by atoms with E-state index in [9.17, 15) is 0 Å². The Morgan fingerprint density at radius 3 is 2.61 bits per heavy atom. The Hall–Kier alpha value is -0.870. The van der Waals surface area contributed by atoms with Gasteiger partial charge in [0, 0.05) is 25.2 Å². The second-order valence-corrected chi connectivity index (χ2v) is 5.15. The number of rotatable bonds is 8. The highest BCUT2D eigenvalue weighted by atomic mass is 15.3. The monoisotopic (exact) mass is 252 g/mol. The normalized spacial score (nSPS) is 13.2. The van der Waals surface area contributed by atoms with Crippen LogP contribution in [-0.2, 0) is 19.9 Å². The van der Waals surface area contributed by atoms with Crippen molar-refractivity contribution in [2.24, 2.45) is 7.05 Å². The number of aromatic nitrogens is 2. The van der Waals surface area contributed by atoms with Crippen LogP contribution in [0.3, 0.4) is 0 Å². The van der Waals surface area contributed by atoms with Gasteiger partial charge in [-0.1, -0.05) is 13.8 Å². The van der Waals surface area contributed by atoms with Crippen molar-refractivity contribution in [2.45, 2.75) is 39.2 Å². The van der Waals surface area contributed by atoms with Gasteiger partial charge >= 0.3 is 0 Å². The van der Waals surface area contributed by atoms with Gasteiger partial charge in [0.2, 0.25) is 0 Å². The third-order valence-electron chi connectivity index (χ3n) is 3.26. The van der Waals surface area contributed by atoms with E-state index in [2.05, 4.69) is 49.3 Å². The first-order valence-corrected chi connectivity index (χ1v) is 6.96. The summed E-state index contributed by atoms with van der Waals surface area (Å²) in [5.41, 5.74) is 2.52. The number of nitrogens with one attached hydrogen (secondary N) is 1. The summed E-state index contributed by atoms with van der Waals surface area (Å²) in [5, 5.41) is 8.09. The van der Waals surface area contributed by atoms with Crippen LogP contribution in [0.15, 0.2) is 6.07 Å². The lowest BCUT2D eigenvalue weighted by atomic mass is 10.1. The van der Waals surface area contributed by atoms with Crippen molar-refractivity contribution in [3.63, 3.8) is 0 Å². The van der Waals surface area contributed by atoms with E-state index in [1.165, 1.54) is 17.8 Å². The largest absolute Gasteiger partial charge is 0.314 e. The lowest BCUT2D eigenvalue weighted by Gasteiger charge is -2.20. The molecule has 4 heteroatoms. The smallest absolute Gasteiger partial charge is 0.0624 e. The molecule has 1 unspecified atom stereocenters. The summed E-state index contributed by atoms with van der Waals surface area (Å²) in [6, 6.07) is 2.78. The van der Waals surface area contributed by atoms with Gasteiger partial charge in [-0.05, 0) is 46.1 Å². The molecule has 1 aromatic rings. The van der Waals surface area contributed by atoms with Crippen LogP contribution in [0.4, 0.5) is 0 Å². The molecular formula is C14H28N4. The Morgan fingerprint density at radius 1 is 1.39 bits per heavy atom. The minimum absolute atomic E-state index is 0.539. The van der Waals surface area contributed by atoms with E-state index in [1.807, 2.05) is 11.7 Å². The predicted octanol–water partition coefficient (Wildman–Crippen LogP) is 1.45. The third-order valence-corrected chi connectivity index (χ3v) is 3.26. The number of hydrogen-bond acceptors (Lipinski definition) is 3. The summed E-state index contributed by atoms with van der Waals surface area (Å²) in [6.07, 6.45) is 3.25. The molecule has 1 atom stereocenters. The molecule has 1 rings (SSSR count). The second-order valence-electron chi connectivity index (χ2n) is 5.15. The molecular weight excluding hydrogens is 224 g/mol. The zero-order chi connectivity index (χ0) is 13.5. The number of nitrogens with zero attached hydrogens (tertiary/aromatic N) is 3. The molecule has 4 nitrogen and oxygen atoms in total. The van der Waals surface area contributed by atoms with Gasteiger partial charge in [-0.2, -0.15) is 5.10 Å². The van der Waals surface area contributed by atoms with Crippen LogP contribution in [0, 0.1) is 0 Å². The van der Waals surface area contributed by atoms with Crippen LogP contribution in [0.2, 0.25) is 0 Å². The van der Waals surface area contributed by atoms with Crippen molar-refractivity contribution in [3.05, 3.63) is 17.5 Å². The summed E-state index contributed by atoms with van der Waals surface area (Å²) in [5.74, 6) is 0. The Bertz CT molecular complexity index is 344. The fourth-order valence-corrected chi connectivity index (χ4v) is 2.17. The van der Waals surface area contributed by atoms with Crippen molar-refractivity contribution >= 4 is 0 Å². The maximum absolute atomic E-state index is 4.52. The zero-order valence-corrected chi connectivity index (χ0v) is 12.5. The highest BCUT2D eigenvalue weighted by Crippen LogP contribution is 2.09. The quantitative estimate of drug-likeness (QED) is 0.760. The van der Waals surface area contributed by atoms with Crippen LogP contribution >= 0.6 is 0 Å². The van der Waals surface area contributed by atoms with Crippen molar-refractivity contribution in [2.75, 3.05) is 27.2 Å². The molecule has 0 aliphatic carbocycles. The van der Waals surface area contributed by atoms with Gasteiger partial charge in [0.1, 0.15) is 0 Å². The van der Waals surface area contributed by atoms with Crippen molar-refractivity contribution < 1.29 is 0 Å². The van der Waals surface area contributed by atoms with Crippen LogP contribution in [0.25, 0.3) is 0 Å². The van der Waals surface area contributed by atoms with Gasteiger partial charge in [-0.25, -0.2) is 0 Å². The lowest BCUT2D eigenvalue weighted by Crippen LogP contribution is -2.34. The molecule has 0 aliphatic heterocycles. The molecule has 0 saturated carbocycles. The molecule has 0 radical (unpaired) electrons. The van der Waals surface area contributed by atoms with Crippen LogP contribution in [0.5, 0.6) is 0 Å². The molecule has 0 spiro atoms. The van der Waals surface area contributed by atoms with E-state index in [1.54, 1.807) is 0 Å². The minimum Gasteiger partial charge on any atom is -0.314 e. The average Bonchev–Trinajstić information content (AvgIpc) is 2.67. The highest BCUT2D eigenvalue weighted by molar-refractivity contribution is 5.11. The minimum atomic E-state index is 0.539. The number of hydrogen-bond donors (Lipinski definition) is 1. The molecule has 0 aromatic carbocycles. The fraction of sp³-hybridized carbons (Fsp3) is 0.786. The van der Waals surface area contributed by atoms with Gasteiger partial charge < -0.3 is 10.2 Å². The molecule has 1 heterocycles. The number of aryl methyl sites for hydroxylation is 2. The average molecular weight is 252 g/mol. The molecule has 0 aliphatic rings. The summed E-state index contributed by atoms with van der Waals surface area (Å²) in [7, 11) is 6.30. The molecule has 1 aromatic heterocycles. The topological polar surface area (TPSA) is 33.1 Å². The van der Waals surface area contributed by atoms with E-state index in [4.69, 9.17) is 0 Å². The lowest BCUT2D eigenvalue weighted by molar-refractivity contribution is 0.356. The molecule has 0 bridgehead atoms. The highest BCUT2D eigenvalue weighted by Gasteiger charge is 2.12. The van der Waals surface area contributed by atoms with E-state index in [0.29, 0.717) is 6.04 Å². The first-order chi connectivity index (χ1) is 8.56. The SMILES string of the molecule is CCNC(CCN(C)C)Cc1cc(CC)nn1C. The molecule has 0 saturated heterocycles. The van der Waals surface area contributed by atoms with Crippen molar-refractivity contribution in [1.82, 2.24) is 20.0 Å². The Labute approximate surface area is 111 Å². The Morgan fingerprint density at radius 2 is 2.11 bits per heavy atom. The second kappa shape index (κ2) is 7.54. The van der Waals surface area contributed by atoms with Crippen molar-refractivity contribution in [3.8, 4) is 0 Å². The van der Waals surface area contributed by atoms with E-state index in [0.717, 1.165) is 25.9 Å². The summed E-state index contributed by atoms with van der Waals surface area (Å²) < 4.78 is 2.03. The molecule has 104 valence electrons. The first kappa shape index (κ1) is 15.2. The van der Waals surface area contributed by atoms with Crippen LogP contribution < -0.4 is 5.32 Å². The van der Waals surface area contributed by atoms with E-state index >= 15 is 0 Å². The van der Waals surface area contributed by atoms with Crippen LogP contribution in [0.1, 0.15) is 31.7 Å². The van der Waals surface area contributed by atoms with E-state index < -0.39 is 0 Å². The fourth-order valence-electron chi connectivity index (χ4n) is 2.17. The van der Waals surface area contributed by atoms with Gasteiger partial charge in [0.15, 0.2) is 0 Å². The van der Waals surface area contributed by atoms with Gasteiger partial charge in [0.25, 0.3) is 0 Å². The van der Waals surface area contributed by atoms with E-state index in [-0.39, 0.29) is 0 Å². The summed E-state index contributed by atoms with van der Waals surface area (Å²) in [4.78, 5) is 2.24. The molecule has 0 fully saturated rings. The summed E-state index contributed by atoms with van der Waals surface area (Å²) in [6.45, 7) is 6.47. The maximum atomic E-state index is 4.52. The number of likely N-dealkylation sites (N-methyl/N-ethyl adjacent to an activating group) is 1. The predicted molar refractivity (Wildman–Crippen MR) is 76.9 cm³/mol. The Balaban J connectivity index is 2.60. The first-order valence-electron chi connectivity index (χ1n) is 6.96.